The van der Waals surface area contributed by atoms with Gasteiger partial charge in [-0.15, -0.1) is 0 Å². The Morgan fingerprint density at radius 2 is 2.53 bits per heavy atom. The lowest BCUT2D eigenvalue weighted by Gasteiger charge is -2.08. The van der Waals surface area contributed by atoms with Gasteiger partial charge in [0.1, 0.15) is 6.61 Å². The van der Waals surface area contributed by atoms with Crippen LogP contribution < -0.4 is 0 Å². The number of aromatic amines is 1. The standard InChI is InChI=1S/C9H15N3O2S/c13-5-8-10-11-9(15)12(8)3-1-7-2-4-14-6-7/h7,13H,1-6H2,(H,11,15). The monoisotopic (exact) mass is 229 g/mol. The third-order valence-electron chi connectivity index (χ3n) is 2.76. The maximum atomic E-state index is 9.05. The second kappa shape index (κ2) is 4.87. The Morgan fingerprint density at radius 3 is 3.20 bits per heavy atom. The van der Waals surface area contributed by atoms with Crippen molar-refractivity contribution in [1.82, 2.24) is 14.8 Å². The lowest BCUT2D eigenvalue weighted by atomic mass is 10.1. The van der Waals surface area contributed by atoms with E-state index < -0.39 is 0 Å². The summed E-state index contributed by atoms with van der Waals surface area (Å²) in [6.45, 7) is 2.45. The van der Waals surface area contributed by atoms with Crippen molar-refractivity contribution >= 4 is 12.2 Å². The predicted octanol–water partition coefficient (Wildman–Crippen LogP) is 0.860. The highest BCUT2D eigenvalue weighted by atomic mass is 32.1. The van der Waals surface area contributed by atoms with Crippen LogP contribution in [-0.2, 0) is 17.9 Å². The van der Waals surface area contributed by atoms with Gasteiger partial charge in [-0.2, -0.15) is 5.10 Å². The Bertz CT molecular complexity index is 368. The highest BCUT2D eigenvalue weighted by Gasteiger charge is 2.16. The van der Waals surface area contributed by atoms with Gasteiger partial charge in [-0.3, -0.25) is 5.10 Å². The lowest BCUT2D eigenvalue weighted by Crippen LogP contribution is -2.09. The maximum Gasteiger partial charge on any atom is 0.195 e. The van der Waals surface area contributed by atoms with Crippen molar-refractivity contribution in [1.29, 1.82) is 0 Å². The summed E-state index contributed by atoms with van der Waals surface area (Å²) in [4.78, 5) is 0. The van der Waals surface area contributed by atoms with Crippen LogP contribution in [0.25, 0.3) is 0 Å². The normalized spacial score (nSPS) is 21.0. The van der Waals surface area contributed by atoms with Gasteiger partial charge >= 0.3 is 0 Å². The number of nitrogens with zero attached hydrogens (tertiary/aromatic N) is 2. The van der Waals surface area contributed by atoms with Crippen molar-refractivity contribution in [2.45, 2.75) is 26.0 Å². The quantitative estimate of drug-likeness (QED) is 0.752. The number of H-pyrrole nitrogens is 1. The number of hydrogen-bond acceptors (Lipinski definition) is 4. The molecule has 1 atom stereocenters. The minimum Gasteiger partial charge on any atom is -0.388 e. The molecule has 0 spiro atoms. The molecule has 0 saturated carbocycles. The van der Waals surface area contributed by atoms with Crippen LogP contribution in [0.5, 0.6) is 0 Å². The smallest absolute Gasteiger partial charge is 0.195 e. The molecule has 0 bridgehead atoms. The largest absolute Gasteiger partial charge is 0.388 e. The molecule has 1 aromatic rings. The van der Waals surface area contributed by atoms with Gasteiger partial charge in [0.05, 0.1) is 0 Å². The van der Waals surface area contributed by atoms with Crippen molar-refractivity contribution in [3.8, 4) is 0 Å². The summed E-state index contributed by atoms with van der Waals surface area (Å²) in [5, 5.41) is 15.7. The van der Waals surface area contributed by atoms with Crippen LogP contribution in [0.3, 0.4) is 0 Å². The van der Waals surface area contributed by atoms with E-state index >= 15 is 0 Å². The average molecular weight is 229 g/mol. The van der Waals surface area contributed by atoms with Gasteiger partial charge in [0.25, 0.3) is 0 Å². The Kier molecular flexibility index (Phi) is 3.50. The van der Waals surface area contributed by atoms with Crippen LogP contribution in [-0.4, -0.2) is 33.1 Å². The number of aliphatic hydroxyl groups is 1. The number of rotatable bonds is 4. The molecule has 2 N–H and O–H groups in total. The van der Waals surface area contributed by atoms with E-state index in [-0.39, 0.29) is 6.61 Å². The van der Waals surface area contributed by atoms with Crippen molar-refractivity contribution in [2.75, 3.05) is 13.2 Å². The fourth-order valence-corrected chi connectivity index (χ4v) is 2.07. The second-order valence-corrected chi connectivity index (χ2v) is 4.16. The topological polar surface area (TPSA) is 63.1 Å². The minimum absolute atomic E-state index is 0.0751. The zero-order chi connectivity index (χ0) is 10.7. The Morgan fingerprint density at radius 1 is 1.67 bits per heavy atom. The molecule has 6 heteroatoms. The number of hydrogen-bond donors (Lipinski definition) is 2. The highest BCUT2D eigenvalue weighted by molar-refractivity contribution is 7.71. The van der Waals surface area contributed by atoms with E-state index in [1.54, 1.807) is 0 Å². The molecule has 5 nitrogen and oxygen atoms in total. The molecule has 0 radical (unpaired) electrons. The molecular formula is C9H15N3O2S. The van der Waals surface area contributed by atoms with E-state index in [9.17, 15) is 0 Å². The molecule has 0 aromatic carbocycles. The summed E-state index contributed by atoms with van der Waals surface area (Å²) in [7, 11) is 0. The number of aliphatic hydroxyl groups excluding tert-OH is 1. The van der Waals surface area contributed by atoms with Gasteiger partial charge in [-0.25, -0.2) is 0 Å². The Balaban J connectivity index is 1.97. The summed E-state index contributed by atoms with van der Waals surface area (Å²) in [5.41, 5.74) is 0. The van der Waals surface area contributed by atoms with Crippen LogP contribution in [0.15, 0.2) is 0 Å². The number of nitrogens with one attached hydrogen (secondary N) is 1. The summed E-state index contributed by atoms with van der Waals surface area (Å²) in [6, 6.07) is 0. The average Bonchev–Trinajstić information content (AvgIpc) is 2.84. The molecule has 1 aliphatic heterocycles. The third-order valence-corrected chi connectivity index (χ3v) is 3.08. The fraction of sp³-hybridized carbons (Fsp3) is 0.778. The van der Waals surface area contributed by atoms with Crippen LogP contribution in [0.2, 0.25) is 0 Å². The van der Waals surface area contributed by atoms with E-state index in [2.05, 4.69) is 10.2 Å². The first-order valence-electron chi connectivity index (χ1n) is 5.14. The lowest BCUT2D eigenvalue weighted by molar-refractivity contribution is 0.183. The maximum absolute atomic E-state index is 9.05. The van der Waals surface area contributed by atoms with Gasteiger partial charge in [0.15, 0.2) is 10.6 Å². The Hall–Kier alpha value is -0.720. The fourth-order valence-electron chi connectivity index (χ4n) is 1.82. The SMILES string of the molecule is OCc1n[nH]c(=S)n1CCC1CCOC1. The second-order valence-electron chi connectivity index (χ2n) is 3.77. The first-order valence-corrected chi connectivity index (χ1v) is 5.54. The Labute approximate surface area is 93.1 Å². The highest BCUT2D eigenvalue weighted by Crippen LogP contribution is 2.17. The van der Waals surface area contributed by atoms with Crippen molar-refractivity contribution in [3.63, 3.8) is 0 Å². The van der Waals surface area contributed by atoms with Crippen LogP contribution >= 0.6 is 12.2 Å². The molecule has 0 amide bonds. The van der Waals surface area contributed by atoms with E-state index in [0.29, 0.717) is 16.5 Å². The molecule has 84 valence electrons. The van der Waals surface area contributed by atoms with E-state index in [1.807, 2.05) is 4.57 Å². The minimum atomic E-state index is -0.0751. The molecular weight excluding hydrogens is 214 g/mol. The molecule has 1 aliphatic rings. The molecule has 0 aliphatic carbocycles. The van der Waals surface area contributed by atoms with Gasteiger partial charge in [-0.1, -0.05) is 0 Å². The number of aromatic nitrogens is 3. The molecule has 2 rings (SSSR count). The summed E-state index contributed by atoms with van der Waals surface area (Å²) in [6.07, 6.45) is 2.15. The zero-order valence-electron chi connectivity index (χ0n) is 8.48. The van der Waals surface area contributed by atoms with Crippen molar-refractivity contribution in [3.05, 3.63) is 10.6 Å². The van der Waals surface area contributed by atoms with E-state index in [0.717, 1.165) is 32.6 Å². The summed E-state index contributed by atoms with van der Waals surface area (Å²) >= 11 is 5.08. The van der Waals surface area contributed by atoms with Crippen LogP contribution in [0.4, 0.5) is 0 Å². The van der Waals surface area contributed by atoms with Gasteiger partial charge in [-0.05, 0) is 31.0 Å². The van der Waals surface area contributed by atoms with Crippen molar-refractivity contribution < 1.29 is 9.84 Å². The van der Waals surface area contributed by atoms with E-state index in [1.165, 1.54) is 0 Å². The van der Waals surface area contributed by atoms with Gasteiger partial charge in [0.2, 0.25) is 0 Å². The molecule has 1 aromatic heterocycles. The van der Waals surface area contributed by atoms with Crippen LogP contribution in [0.1, 0.15) is 18.7 Å². The summed E-state index contributed by atoms with van der Waals surface area (Å²) < 4.78 is 7.74. The molecule has 2 heterocycles. The van der Waals surface area contributed by atoms with Gasteiger partial charge < -0.3 is 14.4 Å². The van der Waals surface area contributed by atoms with Crippen molar-refractivity contribution in [2.24, 2.45) is 5.92 Å². The van der Waals surface area contributed by atoms with Crippen LogP contribution in [0, 0.1) is 10.7 Å². The van der Waals surface area contributed by atoms with Gasteiger partial charge in [0, 0.05) is 19.8 Å². The molecule has 15 heavy (non-hydrogen) atoms. The zero-order valence-corrected chi connectivity index (χ0v) is 9.29. The predicted molar refractivity (Wildman–Crippen MR) is 56.9 cm³/mol. The third kappa shape index (κ3) is 2.45. The first kappa shape index (κ1) is 10.8. The molecule has 1 unspecified atom stereocenters. The molecule has 1 saturated heterocycles. The molecule has 1 fully saturated rings. The van der Waals surface area contributed by atoms with E-state index in [4.69, 9.17) is 22.1 Å². The first-order chi connectivity index (χ1) is 7.31. The number of ether oxygens (including phenoxy) is 1. The summed E-state index contributed by atoms with van der Waals surface area (Å²) in [5.74, 6) is 1.23.